The molecule has 0 atom stereocenters. The van der Waals surface area contributed by atoms with Crippen molar-refractivity contribution < 1.29 is 13.2 Å². The highest BCUT2D eigenvalue weighted by atomic mass is 35.5. The number of rotatable bonds is 5. The predicted molar refractivity (Wildman–Crippen MR) is 71.8 cm³/mol. The van der Waals surface area contributed by atoms with E-state index in [2.05, 4.69) is 10.3 Å². The van der Waals surface area contributed by atoms with Crippen LogP contribution in [-0.4, -0.2) is 16.1 Å². The van der Waals surface area contributed by atoms with E-state index < -0.39 is 11.7 Å². The first-order chi connectivity index (χ1) is 9.47. The van der Waals surface area contributed by atoms with Crippen molar-refractivity contribution in [2.24, 2.45) is 0 Å². The highest BCUT2D eigenvalue weighted by Crippen LogP contribution is 2.33. The Kier molecular flexibility index (Phi) is 4.54. The molecule has 1 N–H and O–H groups in total. The largest absolute Gasteiger partial charge is 0.416 e. The topological polar surface area (TPSA) is 29.9 Å². The van der Waals surface area contributed by atoms with Crippen LogP contribution in [0.4, 0.5) is 18.9 Å². The van der Waals surface area contributed by atoms with Crippen LogP contribution in [0.2, 0.25) is 5.02 Å². The number of halogens is 4. The fourth-order valence-corrected chi connectivity index (χ4v) is 1.93. The Morgan fingerprint density at radius 2 is 2.10 bits per heavy atom. The van der Waals surface area contributed by atoms with Crippen molar-refractivity contribution in [1.82, 2.24) is 9.55 Å². The van der Waals surface area contributed by atoms with Crippen LogP contribution in [0.1, 0.15) is 12.0 Å². The summed E-state index contributed by atoms with van der Waals surface area (Å²) in [6, 6.07) is 3.25. The molecule has 0 unspecified atom stereocenters. The van der Waals surface area contributed by atoms with Gasteiger partial charge in [-0.3, -0.25) is 0 Å². The molecule has 1 aromatic heterocycles. The molecule has 108 valence electrons. The third-order valence-corrected chi connectivity index (χ3v) is 3.09. The molecule has 7 heteroatoms. The van der Waals surface area contributed by atoms with Crippen molar-refractivity contribution in [1.29, 1.82) is 0 Å². The molecule has 0 fully saturated rings. The number of anilines is 1. The molecule has 0 spiro atoms. The summed E-state index contributed by atoms with van der Waals surface area (Å²) in [6.45, 7) is 1.27. The Morgan fingerprint density at radius 1 is 1.30 bits per heavy atom. The predicted octanol–water partition coefficient (Wildman–Crippen LogP) is 4.06. The maximum absolute atomic E-state index is 12.6. The number of aryl methyl sites for hydroxylation is 1. The Bertz CT molecular complexity index is 552. The van der Waals surface area contributed by atoms with Crippen LogP contribution in [0.15, 0.2) is 36.9 Å². The minimum absolute atomic E-state index is 0.278. The smallest absolute Gasteiger partial charge is 0.384 e. The van der Waals surface area contributed by atoms with Crippen molar-refractivity contribution in [3.8, 4) is 0 Å². The van der Waals surface area contributed by atoms with Gasteiger partial charge in [0.25, 0.3) is 0 Å². The standard InChI is InChI=1S/C13H13ClF3N3/c14-11-3-2-10(13(15,16)17)8-12(11)19-4-1-6-20-7-5-18-9-20/h2-3,5,7-9,19H,1,4,6H2. The number of nitrogens with zero attached hydrogens (tertiary/aromatic N) is 2. The summed E-state index contributed by atoms with van der Waals surface area (Å²) in [6.07, 6.45) is 1.59. The van der Waals surface area contributed by atoms with Gasteiger partial charge in [0.15, 0.2) is 0 Å². The van der Waals surface area contributed by atoms with Crippen LogP contribution < -0.4 is 5.32 Å². The van der Waals surface area contributed by atoms with Crippen LogP contribution >= 0.6 is 11.6 Å². The number of hydrogen-bond acceptors (Lipinski definition) is 2. The van der Waals surface area contributed by atoms with E-state index in [1.54, 1.807) is 12.5 Å². The van der Waals surface area contributed by atoms with Crippen LogP contribution in [0, 0.1) is 0 Å². The molecule has 2 rings (SSSR count). The molecule has 0 bridgehead atoms. The Hall–Kier alpha value is -1.69. The number of benzene rings is 1. The number of alkyl halides is 3. The van der Waals surface area contributed by atoms with Crippen LogP contribution in [0.5, 0.6) is 0 Å². The second-order valence-electron chi connectivity index (χ2n) is 4.27. The molecule has 2 aromatic rings. The lowest BCUT2D eigenvalue weighted by Gasteiger charge is -2.12. The normalized spacial score (nSPS) is 11.6. The van der Waals surface area contributed by atoms with Crippen molar-refractivity contribution >= 4 is 17.3 Å². The van der Waals surface area contributed by atoms with Crippen LogP contribution in [0.3, 0.4) is 0 Å². The molecule has 0 saturated heterocycles. The zero-order valence-corrected chi connectivity index (χ0v) is 11.2. The Balaban J connectivity index is 1.91. The zero-order valence-electron chi connectivity index (χ0n) is 10.5. The maximum Gasteiger partial charge on any atom is 0.416 e. The van der Waals surface area contributed by atoms with E-state index in [1.807, 2.05) is 10.8 Å². The summed E-state index contributed by atoms with van der Waals surface area (Å²) in [5.41, 5.74) is -0.411. The second-order valence-corrected chi connectivity index (χ2v) is 4.68. The number of imidazole rings is 1. The first-order valence-electron chi connectivity index (χ1n) is 6.03. The van der Waals surface area contributed by atoms with Gasteiger partial charge in [-0.05, 0) is 24.6 Å². The van der Waals surface area contributed by atoms with E-state index in [9.17, 15) is 13.2 Å². The maximum atomic E-state index is 12.6. The lowest BCUT2D eigenvalue weighted by atomic mass is 10.2. The molecule has 20 heavy (non-hydrogen) atoms. The first-order valence-corrected chi connectivity index (χ1v) is 6.41. The van der Waals surface area contributed by atoms with Gasteiger partial charge in [0.05, 0.1) is 22.6 Å². The summed E-state index contributed by atoms with van der Waals surface area (Å²) in [5.74, 6) is 0. The summed E-state index contributed by atoms with van der Waals surface area (Å²) >= 11 is 5.88. The molecule has 0 saturated carbocycles. The van der Waals surface area contributed by atoms with E-state index in [0.29, 0.717) is 12.2 Å². The quantitative estimate of drug-likeness (QED) is 0.844. The van der Waals surface area contributed by atoms with E-state index in [4.69, 9.17) is 11.6 Å². The molecule has 1 heterocycles. The highest BCUT2D eigenvalue weighted by molar-refractivity contribution is 6.33. The second kappa shape index (κ2) is 6.17. The van der Waals surface area contributed by atoms with Gasteiger partial charge in [0.1, 0.15) is 0 Å². The number of hydrogen-bond donors (Lipinski definition) is 1. The Morgan fingerprint density at radius 3 is 2.75 bits per heavy atom. The SMILES string of the molecule is FC(F)(F)c1ccc(Cl)c(NCCCn2ccnc2)c1. The van der Waals surface area contributed by atoms with Crippen molar-refractivity contribution in [2.75, 3.05) is 11.9 Å². The van der Waals surface area contributed by atoms with Gasteiger partial charge in [-0.25, -0.2) is 4.98 Å². The summed E-state index contributed by atoms with van der Waals surface area (Å²) < 4.78 is 39.7. The zero-order chi connectivity index (χ0) is 14.6. The van der Waals surface area contributed by atoms with Crippen molar-refractivity contribution in [3.05, 3.63) is 47.5 Å². The van der Waals surface area contributed by atoms with E-state index in [-0.39, 0.29) is 5.02 Å². The summed E-state index contributed by atoms with van der Waals surface area (Å²) in [4.78, 5) is 3.91. The molecule has 0 radical (unpaired) electrons. The summed E-state index contributed by atoms with van der Waals surface area (Å²) in [5, 5.41) is 3.20. The van der Waals surface area contributed by atoms with Gasteiger partial charge in [-0.1, -0.05) is 11.6 Å². The Labute approximate surface area is 119 Å². The molecule has 0 aliphatic rings. The van der Waals surface area contributed by atoms with E-state index in [0.717, 1.165) is 25.1 Å². The average Bonchev–Trinajstić information content (AvgIpc) is 2.88. The minimum Gasteiger partial charge on any atom is -0.384 e. The van der Waals surface area contributed by atoms with Gasteiger partial charge < -0.3 is 9.88 Å². The van der Waals surface area contributed by atoms with Crippen molar-refractivity contribution in [3.63, 3.8) is 0 Å². The average molecular weight is 304 g/mol. The van der Waals surface area contributed by atoms with Gasteiger partial charge in [-0.2, -0.15) is 13.2 Å². The third kappa shape index (κ3) is 3.90. The van der Waals surface area contributed by atoms with Gasteiger partial charge in [-0.15, -0.1) is 0 Å². The van der Waals surface area contributed by atoms with Crippen LogP contribution in [0.25, 0.3) is 0 Å². The molecular weight excluding hydrogens is 291 g/mol. The van der Waals surface area contributed by atoms with E-state index in [1.165, 1.54) is 6.07 Å². The molecule has 0 aliphatic carbocycles. The van der Waals surface area contributed by atoms with Gasteiger partial charge in [0, 0.05) is 25.5 Å². The molecular formula is C13H13ClF3N3. The number of aromatic nitrogens is 2. The summed E-state index contributed by atoms with van der Waals surface area (Å²) in [7, 11) is 0. The molecule has 1 aromatic carbocycles. The fourth-order valence-electron chi connectivity index (χ4n) is 1.74. The third-order valence-electron chi connectivity index (χ3n) is 2.76. The highest BCUT2D eigenvalue weighted by Gasteiger charge is 2.30. The van der Waals surface area contributed by atoms with E-state index >= 15 is 0 Å². The van der Waals surface area contributed by atoms with Crippen molar-refractivity contribution in [2.45, 2.75) is 19.1 Å². The van der Waals surface area contributed by atoms with Crippen LogP contribution in [-0.2, 0) is 12.7 Å². The molecule has 0 amide bonds. The molecule has 0 aliphatic heterocycles. The lowest BCUT2D eigenvalue weighted by Crippen LogP contribution is -2.09. The first kappa shape index (κ1) is 14.7. The van der Waals surface area contributed by atoms with Gasteiger partial charge >= 0.3 is 6.18 Å². The fraction of sp³-hybridized carbons (Fsp3) is 0.308. The minimum atomic E-state index is -4.36. The molecule has 3 nitrogen and oxygen atoms in total. The lowest BCUT2D eigenvalue weighted by molar-refractivity contribution is -0.137. The van der Waals surface area contributed by atoms with Gasteiger partial charge in [0.2, 0.25) is 0 Å². The number of nitrogens with one attached hydrogen (secondary N) is 1. The monoisotopic (exact) mass is 303 g/mol.